The Kier molecular flexibility index (Phi) is 6.06. The number of rotatable bonds is 5. The van der Waals surface area contributed by atoms with Gasteiger partial charge in [-0.1, -0.05) is 30.3 Å². The lowest BCUT2D eigenvalue weighted by atomic mass is 9.90. The molecule has 0 saturated carbocycles. The van der Waals surface area contributed by atoms with Gasteiger partial charge in [-0.25, -0.2) is 0 Å². The summed E-state index contributed by atoms with van der Waals surface area (Å²) in [6, 6.07) is 14.8. The third kappa shape index (κ3) is 5.08. The zero-order chi connectivity index (χ0) is 19.1. The number of nitrogens with one attached hydrogen (secondary N) is 2. The molecule has 1 aliphatic rings. The first-order chi connectivity index (χ1) is 13.2. The van der Waals surface area contributed by atoms with Gasteiger partial charge >= 0.3 is 0 Å². The number of nitrogens with zero attached hydrogens (tertiary/aromatic N) is 1. The Morgan fingerprint density at radius 3 is 2.56 bits per heavy atom. The van der Waals surface area contributed by atoms with Gasteiger partial charge in [0.25, 0.3) is 5.91 Å². The second kappa shape index (κ2) is 8.86. The molecular formula is C21H21N3O3. The largest absolute Gasteiger partial charge is 0.482 e. The van der Waals surface area contributed by atoms with Crippen molar-refractivity contribution in [3.63, 3.8) is 0 Å². The van der Waals surface area contributed by atoms with Crippen LogP contribution in [0, 0.1) is 11.3 Å². The average Bonchev–Trinajstić information content (AvgIpc) is 2.70. The SMILES string of the molecule is N#Cc1ccccc1OCC(=O)NNC(=O)Cc1ccc2c(c1)CCCC2. The molecule has 0 bridgehead atoms. The van der Waals surface area contributed by atoms with Crippen LogP contribution in [0.2, 0.25) is 0 Å². The van der Waals surface area contributed by atoms with Crippen LogP contribution in [-0.2, 0) is 28.9 Å². The predicted octanol–water partition coefficient (Wildman–Crippen LogP) is 2.21. The lowest BCUT2D eigenvalue weighted by Crippen LogP contribution is -2.44. The van der Waals surface area contributed by atoms with E-state index < -0.39 is 5.91 Å². The summed E-state index contributed by atoms with van der Waals surface area (Å²) >= 11 is 0. The molecule has 0 atom stereocenters. The van der Waals surface area contributed by atoms with Crippen LogP contribution < -0.4 is 15.6 Å². The maximum absolute atomic E-state index is 12.0. The van der Waals surface area contributed by atoms with Gasteiger partial charge in [-0.05, 0) is 54.5 Å². The summed E-state index contributed by atoms with van der Waals surface area (Å²) in [7, 11) is 0. The summed E-state index contributed by atoms with van der Waals surface area (Å²) in [5, 5.41) is 8.99. The summed E-state index contributed by atoms with van der Waals surface area (Å²) < 4.78 is 5.32. The van der Waals surface area contributed by atoms with Crippen LogP contribution in [0.1, 0.15) is 35.1 Å². The van der Waals surface area contributed by atoms with Gasteiger partial charge < -0.3 is 4.74 Å². The molecule has 6 nitrogen and oxygen atoms in total. The molecule has 0 saturated heterocycles. The zero-order valence-corrected chi connectivity index (χ0v) is 15.0. The van der Waals surface area contributed by atoms with Crippen LogP contribution in [-0.4, -0.2) is 18.4 Å². The van der Waals surface area contributed by atoms with E-state index in [0.29, 0.717) is 11.3 Å². The van der Waals surface area contributed by atoms with E-state index in [-0.39, 0.29) is 18.9 Å². The van der Waals surface area contributed by atoms with Gasteiger partial charge in [0.05, 0.1) is 12.0 Å². The van der Waals surface area contributed by atoms with Crippen molar-refractivity contribution in [2.75, 3.05) is 6.61 Å². The topological polar surface area (TPSA) is 91.2 Å². The Labute approximate surface area is 158 Å². The Bertz CT molecular complexity index is 886. The second-order valence-electron chi connectivity index (χ2n) is 6.48. The summed E-state index contributed by atoms with van der Waals surface area (Å²) in [4.78, 5) is 23.9. The van der Waals surface area contributed by atoms with Crippen molar-refractivity contribution in [1.82, 2.24) is 10.9 Å². The van der Waals surface area contributed by atoms with Gasteiger partial charge in [-0.2, -0.15) is 5.26 Å². The van der Waals surface area contributed by atoms with Crippen molar-refractivity contribution in [3.05, 3.63) is 64.7 Å². The number of carbonyl (C=O) groups excluding carboxylic acids is 2. The number of carbonyl (C=O) groups is 2. The molecule has 0 aromatic heterocycles. The van der Waals surface area contributed by atoms with Crippen LogP contribution in [0.4, 0.5) is 0 Å². The Morgan fingerprint density at radius 2 is 1.74 bits per heavy atom. The molecular weight excluding hydrogens is 342 g/mol. The van der Waals surface area contributed by atoms with Crippen molar-refractivity contribution >= 4 is 11.8 Å². The molecule has 0 unspecified atom stereocenters. The third-order valence-electron chi connectivity index (χ3n) is 4.49. The van der Waals surface area contributed by atoms with Crippen LogP contribution in [0.3, 0.4) is 0 Å². The van der Waals surface area contributed by atoms with E-state index in [1.807, 2.05) is 12.1 Å². The minimum Gasteiger partial charge on any atom is -0.482 e. The highest BCUT2D eigenvalue weighted by Gasteiger charge is 2.12. The van der Waals surface area contributed by atoms with E-state index in [0.717, 1.165) is 18.4 Å². The Hall–Kier alpha value is -3.33. The Morgan fingerprint density at radius 1 is 1.00 bits per heavy atom. The maximum Gasteiger partial charge on any atom is 0.276 e. The monoisotopic (exact) mass is 363 g/mol. The molecule has 2 N–H and O–H groups in total. The number of aryl methyl sites for hydroxylation is 2. The Balaban J connectivity index is 1.45. The summed E-state index contributed by atoms with van der Waals surface area (Å²) in [5.41, 5.74) is 8.69. The molecule has 0 radical (unpaired) electrons. The van der Waals surface area contributed by atoms with Gasteiger partial charge in [-0.15, -0.1) is 0 Å². The normalized spacial score (nSPS) is 12.4. The van der Waals surface area contributed by atoms with Crippen molar-refractivity contribution in [1.29, 1.82) is 5.26 Å². The first-order valence-corrected chi connectivity index (χ1v) is 8.96. The average molecular weight is 363 g/mol. The van der Waals surface area contributed by atoms with E-state index in [9.17, 15) is 9.59 Å². The quantitative estimate of drug-likeness (QED) is 0.797. The first kappa shape index (κ1) is 18.5. The molecule has 0 aliphatic heterocycles. The molecule has 2 amide bonds. The van der Waals surface area contributed by atoms with Crippen molar-refractivity contribution < 1.29 is 14.3 Å². The lowest BCUT2D eigenvalue weighted by Gasteiger charge is -2.16. The van der Waals surface area contributed by atoms with E-state index in [1.54, 1.807) is 24.3 Å². The van der Waals surface area contributed by atoms with Crippen LogP contribution >= 0.6 is 0 Å². The zero-order valence-electron chi connectivity index (χ0n) is 15.0. The van der Waals surface area contributed by atoms with Gasteiger partial charge in [0, 0.05) is 0 Å². The fraction of sp³-hybridized carbons (Fsp3) is 0.286. The van der Waals surface area contributed by atoms with Gasteiger partial charge in [0.1, 0.15) is 11.8 Å². The van der Waals surface area contributed by atoms with Gasteiger partial charge in [-0.3, -0.25) is 20.4 Å². The van der Waals surface area contributed by atoms with E-state index >= 15 is 0 Å². The molecule has 2 aromatic rings. The van der Waals surface area contributed by atoms with E-state index in [2.05, 4.69) is 23.0 Å². The van der Waals surface area contributed by atoms with Crippen LogP contribution in [0.5, 0.6) is 5.75 Å². The number of para-hydroxylation sites is 1. The molecule has 0 heterocycles. The van der Waals surface area contributed by atoms with E-state index in [4.69, 9.17) is 10.00 Å². The lowest BCUT2D eigenvalue weighted by molar-refractivity contribution is -0.129. The van der Waals surface area contributed by atoms with Crippen LogP contribution in [0.25, 0.3) is 0 Å². The van der Waals surface area contributed by atoms with Crippen molar-refractivity contribution in [2.24, 2.45) is 0 Å². The number of hydrogen-bond acceptors (Lipinski definition) is 4. The fourth-order valence-electron chi connectivity index (χ4n) is 3.13. The minimum absolute atomic E-state index is 0.200. The van der Waals surface area contributed by atoms with Gasteiger partial charge in [0.2, 0.25) is 5.91 Å². The molecule has 6 heteroatoms. The minimum atomic E-state index is -0.499. The number of benzene rings is 2. The van der Waals surface area contributed by atoms with Gasteiger partial charge in [0.15, 0.2) is 6.61 Å². The second-order valence-corrected chi connectivity index (χ2v) is 6.48. The fourth-order valence-corrected chi connectivity index (χ4v) is 3.13. The number of amides is 2. The molecule has 3 rings (SSSR count). The number of fused-ring (bicyclic) bond motifs is 1. The highest BCUT2D eigenvalue weighted by atomic mass is 16.5. The molecule has 2 aromatic carbocycles. The molecule has 138 valence electrons. The predicted molar refractivity (Wildman–Crippen MR) is 99.7 cm³/mol. The maximum atomic E-state index is 12.0. The number of nitriles is 1. The molecule has 0 fully saturated rings. The van der Waals surface area contributed by atoms with E-state index in [1.165, 1.54) is 24.0 Å². The smallest absolute Gasteiger partial charge is 0.276 e. The number of hydrazine groups is 1. The molecule has 1 aliphatic carbocycles. The summed E-state index contributed by atoms with van der Waals surface area (Å²) in [6.45, 7) is -0.294. The van der Waals surface area contributed by atoms with Crippen molar-refractivity contribution in [2.45, 2.75) is 32.1 Å². The van der Waals surface area contributed by atoms with Crippen molar-refractivity contribution in [3.8, 4) is 11.8 Å². The number of hydrogen-bond donors (Lipinski definition) is 2. The number of ether oxygens (including phenoxy) is 1. The summed E-state index contributed by atoms with van der Waals surface area (Å²) in [5.74, 6) is -0.464. The molecule has 0 spiro atoms. The first-order valence-electron chi connectivity index (χ1n) is 8.96. The standard InChI is InChI=1S/C21H21N3O3/c22-13-18-7-3-4-8-19(18)27-14-21(26)24-23-20(25)12-15-9-10-16-5-1-2-6-17(16)11-15/h3-4,7-11H,1-2,5-6,12,14H2,(H,23,25)(H,24,26). The summed E-state index contributed by atoms with van der Waals surface area (Å²) in [6.07, 6.45) is 4.77. The third-order valence-corrected chi connectivity index (χ3v) is 4.49. The highest BCUT2D eigenvalue weighted by molar-refractivity contribution is 5.84. The molecule has 27 heavy (non-hydrogen) atoms. The van der Waals surface area contributed by atoms with Crippen LogP contribution in [0.15, 0.2) is 42.5 Å². The highest BCUT2D eigenvalue weighted by Crippen LogP contribution is 2.22.